The summed E-state index contributed by atoms with van der Waals surface area (Å²) in [5.41, 5.74) is -0.900. The fourth-order valence-corrected chi connectivity index (χ4v) is 1.92. The lowest BCUT2D eigenvalue weighted by atomic mass is 9.98. The van der Waals surface area contributed by atoms with Crippen molar-refractivity contribution in [1.29, 1.82) is 0 Å². The molecule has 0 aliphatic rings. The van der Waals surface area contributed by atoms with E-state index in [1.165, 1.54) is 19.2 Å². The number of aliphatic hydroxyl groups is 1. The van der Waals surface area contributed by atoms with E-state index in [1.54, 1.807) is 6.92 Å². The van der Waals surface area contributed by atoms with Gasteiger partial charge in [0.1, 0.15) is 5.82 Å². The Balaban J connectivity index is 2.90. The van der Waals surface area contributed by atoms with Crippen molar-refractivity contribution >= 4 is 17.5 Å². The first-order chi connectivity index (χ1) is 8.91. The number of nitrogens with one attached hydrogen (secondary N) is 1. The summed E-state index contributed by atoms with van der Waals surface area (Å²) in [4.78, 5) is 12.0. The number of rotatable bonds is 6. The zero-order chi connectivity index (χ0) is 14.5. The molecule has 1 aromatic rings. The number of halogens is 2. The fraction of sp³-hybridized carbons (Fsp3) is 0.462. The third kappa shape index (κ3) is 4.45. The lowest BCUT2D eigenvalue weighted by Gasteiger charge is -2.29. The van der Waals surface area contributed by atoms with Crippen LogP contribution in [0, 0.1) is 5.82 Å². The van der Waals surface area contributed by atoms with Crippen molar-refractivity contribution in [3.05, 3.63) is 34.6 Å². The summed E-state index contributed by atoms with van der Waals surface area (Å²) in [5, 5.41) is 11.9. The zero-order valence-corrected chi connectivity index (χ0v) is 11.6. The van der Waals surface area contributed by atoms with Crippen molar-refractivity contribution in [3.63, 3.8) is 0 Å². The minimum absolute atomic E-state index is 0.113. The van der Waals surface area contributed by atoms with Crippen LogP contribution >= 0.6 is 11.6 Å². The van der Waals surface area contributed by atoms with E-state index in [-0.39, 0.29) is 23.8 Å². The van der Waals surface area contributed by atoms with E-state index in [1.807, 2.05) is 0 Å². The number of carbonyl (C=O) groups excluding carboxylic acids is 1. The second kappa shape index (κ2) is 6.84. The van der Waals surface area contributed by atoms with Crippen LogP contribution in [-0.2, 0) is 4.74 Å². The Morgan fingerprint density at radius 3 is 2.84 bits per heavy atom. The summed E-state index contributed by atoms with van der Waals surface area (Å²) in [7, 11) is 1.49. The lowest BCUT2D eigenvalue weighted by Crippen LogP contribution is -2.50. The number of carbonyl (C=O) groups is 1. The van der Waals surface area contributed by atoms with Crippen LogP contribution in [0.2, 0.25) is 5.02 Å². The van der Waals surface area contributed by atoms with Gasteiger partial charge in [-0.15, -0.1) is 0 Å². The van der Waals surface area contributed by atoms with Crippen molar-refractivity contribution in [1.82, 2.24) is 5.32 Å². The molecule has 0 spiro atoms. The number of benzene rings is 1. The molecule has 1 amide bonds. The zero-order valence-electron chi connectivity index (χ0n) is 10.9. The Morgan fingerprint density at radius 1 is 1.58 bits per heavy atom. The second-order valence-electron chi connectivity index (χ2n) is 4.55. The topological polar surface area (TPSA) is 58.6 Å². The number of hydrogen-bond acceptors (Lipinski definition) is 3. The van der Waals surface area contributed by atoms with Crippen LogP contribution in [0.5, 0.6) is 0 Å². The van der Waals surface area contributed by atoms with Gasteiger partial charge < -0.3 is 15.2 Å². The quantitative estimate of drug-likeness (QED) is 0.842. The summed E-state index contributed by atoms with van der Waals surface area (Å²) in [6, 6.07) is 3.77. The Bertz CT molecular complexity index is 448. The van der Waals surface area contributed by atoms with Crippen molar-refractivity contribution in [2.45, 2.75) is 18.9 Å². The maximum absolute atomic E-state index is 13.6. The number of amides is 1. The molecular weight excluding hydrogens is 273 g/mol. The van der Waals surface area contributed by atoms with Crippen LogP contribution in [0.1, 0.15) is 23.7 Å². The van der Waals surface area contributed by atoms with Crippen molar-refractivity contribution in [3.8, 4) is 0 Å². The molecule has 4 nitrogen and oxygen atoms in total. The second-order valence-corrected chi connectivity index (χ2v) is 4.98. The minimum Gasteiger partial charge on any atom is -0.396 e. The SMILES string of the molecule is COCC(C)(CCO)NC(=O)c1cc(Cl)ccc1F. The molecule has 0 aromatic heterocycles. The number of methoxy groups -OCH3 is 1. The predicted octanol–water partition coefficient (Wildman–Crippen LogP) is 2.00. The van der Waals surface area contributed by atoms with Gasteiger partial charge in [0.25, 0.3) is 5.91 Å². The molecule has 0 saturated heterocycles. The lowest BCUT2D eigenvalue weighted by molar-refractivity contribution is 0.0722. The van der Waals surface area contributed by atoms with Crippen LogP contribution in [0.3, 0.4) is 0 Å². The molecule has 0 fully saturated rings. The first-order valence-corrected chi connectivity index (χ1v) is 6.17. The molecule has 2 N–H and O–H groups in total. The molecule has 0 radical (unpaired) electrons. The van der Waals surface area contributed by atoms with E-state index in [0.29, 0.717) is 6.42 Å². The highest BCUT2D eigenvalue weighted by Crippen LogP contribution is 2.17. The average Bonchev–Trinajstić information content (AvgIpc) is 2.32. The standard InChI is InChI=1S/C13H17ClFNO3/c1-13(5-6-17,8-19-2)16-12(18)10-7-9(14)3-4-11(10)15/h3-4,7,17H,5-6,8H2,1-2H3,(H,16,18). The van der Waals surface area contributed by atoms with Gasteiger partial charge in [0.05, 0.1) is 17.7 Å². The molecule has 1 atom stereocenters. The monoisotopic (exact) mass is 289 g/mol. The summed E-state index contributed by atoms with van der Waals surface area (Å²) >= 11 is 5.74. The van der Waals surface area contributed by atoms with E-state index in [0.717, 1.165) is 6.07 Å². The van der Waals surface area contributed by atoms with E-state index >= 15 is 0 Å². The molecule has 6 heteroatoms. The van der Waals surface area contributed by atoms with E-state index < -0.39 is 17.3 Å². The highest BCUT2D eigenvalue weighted by molar-refractivity contribution is 6.31. The molecule has 0 saturated carbocycles. The van der Waals surface area contributed by atoms with Crippen LogP contribution < -0.4 is 5.32 Å². The molecule has 0 aliphatic carbocycles. The fourth-order valence-electron chi connectivity index (χ4n) is 1.75. The van der Waals surface area contributed by atoms with Gasteiger partial charge in [0.2, 0.25) is 0 Å². The summed E-state index contributed by atoms with van der Waals surface area (Å²) in [6.45, 7) is 1.81. The van der Waals surface area contributed by atoms with Gasteiger partial charge in [0.15, 0.2) is 0 Å². The van der Waals surface area contributed by atoms with E-state index in [9.17, 15) is 9.18 Å². The van der Waals surface area contributed by atoms with Crippen molar-refractivity contribution in [2.24, 2.45) is 0 Å². The third-order valence-electron chi connectivity index (χ3n) is 2.71. The number of aliphatic hydroxyl groups excluding tert-OH is 1. The van der Waals surface area contributed by atoms with Crippen molar-refractivity contribution < 1.29 is 19.0 Å². The highest BCUT2D eigenvalue weighted by atomic mass is 35.5. The Hall–Kier alpha value is -1.17. The average molecular weight is 290 g/mol. The molecular formula is C13H17ClFNO3. The molecule has 0 aliphatic heterocycles. The molecule has 0 bridgehead atoms. The third-order valence-corrected chi connectivity index (χ3v) is 2.95. The van der Waals surface area contributed by atoms with Crippen LogP contribution in [-0.4, -0.2) is 36.9 Å². The first-order valence-electron chi connectivity index (χ1n) is 5.79. The van der Waals surface area contributed by atoms with Gasteiger partial charge >= 0.3 is 0 Å². The summed E-state index contributed by atoms with van der Waals surface area (Å²) < 4.78 is 18.6. The smallest absolute Gasteiger partial charge is 0.254 e. The van der Waals surface area contributed by atoms with Gasteiger partial charge in [-0.1, -0.05) is 11.6 Å². The maximum atomic E-state index is 13.6. The van der Waals surface area contributed by atoms with Gasteiger partial charge in [-0.2, -0.15) is 0 Å². The Morgan fingerprint density at radius 2 is 2.26 bits per heavy atom. The molecule has 1 unspecified atom stereocenters. The minimum atomic E-state index is -0.769. The van der Waals surface area contributed by atoms with Gasteiger partial charge in [-0.25, -0.2) is 4.39 Å². The van der Waals surface area contributed by atoms with Gasteiger partial charge in [0, 0.05) is 18.7 Å². The summed E-state index contributed by atoms with van der Waals surface area (Å²) in [6.07, 6.45) is 0.300. The Kier molecular flexibility index (Phi) is 5.72. The molecule has 1 rings (SSSR count). The normalized spacial score (nSPS) is 13.9. The van der Waals surface area contributed by atoms with Crippen LogP contribution in [0.25, 0.3) is 0 Å². The first kappa shape index (κ1) is 15.9. The molecule has 1 aromatic carbocycles. The van der Waals surface area contributed by atoms with Crippen molar-refractivity contribution in [2.75, 3.05) is 20.3 Å². The predicted molar refractivity (Wildman–Crippen MR) is 70.9 cm³/mol. The van der Waals surface area contributed by atoms with Crippen LogP contribution in [0.15, 0.2) is 18.2 Å². The summed E-state index contributed by atoms with van der Waals surface area (Å²) in [5.74, 6) is -1.24. The van der Waals surface area contributed by atoms with Crippen LogP contribution in [0.4, 0.5) is 4.39 Å². The largest absolute Gasteiger partial charge is 0.396 e. The number of hydrogen-bond donors (Lipinski definition) is 2. The maximum Gasteiger partial charge on any atom is 0.254 e. The Labute approximate surface area is 116 Å². The van der Waals surface area contributed by atoms with Gasteiger partial charge in [-0.05, 0) is 31.5 Å². The van der Waals surface area contributed by atoms with Gasteiger partial charge in [-0.3, -0.25) is 4.79 Å². The highest BCUT2D eigenvalue weighted by Gasteiger charge is 2.27. The van der Waals surface area contributed by atoms with E-state index in [4.69, 9.17) is 21.4 Å². The molecule has 19 heavy (non-hydrogen) atoms. The molecule has 106 valence electrons. The molecule has 0 heterocycles. The van der Waals surface area contributed by atoms with E-state index in [2.05, 4.69) is 5.32 Å². The number of ether oxygens (including phenoxy) is 1.